The minimum atomic E-state index is -0.923. The van der Waals surface area contributed by atoms with E-state index in [-0.39, 0.29) is 31.2 Å². The largest absolute Gasteiger partial charge is 0.369 e. The fourth-order valence-corrected chi connectivity index (χ4v) is 3.58. The zero-order valence-corrected chi connectivity index (χ0v) is 14.8. The fraction of sp³-hybridized carbons (Fsp3) is 0.412. The molecule has 3 aliphatic rings. The number of amides is 4. The normalized spacial score (nSPS) is 22.8. The monoisotopic (exact) mass is 378 g/mol. The molecular formula is C17H19ClN4O4. The second-order valence-electron chi connectivity index (χ2n) is 6.41. The molecule has 2 saturated heterocycles. The molecule has 0 aromatic heterocycles. The standard InChI is InChI=1S/C17H18N4O4.ClH/c22-14-4-3-13(15(23)19-14)21-16(24)11-2-1-10(9-12(11)17(21)25)20-7-5-18-6-8-20;/h1-2,9,13,18H,3-8H2,(H,19,22,23);1H. The summed E-state index contributed by atoms with van der Waals surface area (Å²) in [5, 5.41) is 5.47. The lowest BCUT2D eigenvalue weighted by Crippen LogP contribution is -2.54. The SMILES string of the molecule is Cl.O=C1CCC(N2C(=O)c3ccc(N4CCNCC4)cc3C2=O)C(=O)N1. The highest BCUT2D eigenvalue weighted by Crippen LogP contribution is 2.30. The van der Waals surface area contributed by atoms with E-state index < -0.39 is 23.8 Å². The van der Waals surface area contributed by atoms with Crippen LogP contribution in [-0.4, -0.2) is 60.7 Å². The Morgan fingerprint density at radius 3 is 2.35 bits per heavy atom. The molecule has 138 valence electrons. The van der Waals surface area contributed by atoms with Gasteiger partial charge in [0.15, 0.2) is 0 Å². The number of carbonyl (C=O) groups is 4. The summed E-state index contributed by atoms with van der Waals surface area (Å²) in [5.41, 5.74) is 1.53. The molecule has 1 aromatic carbocycles. The van der Waals surface area contributed by atoms with Crippen LogP contribution in [0, 0.1) is 0 Å². The number of nitrogens with zero attached hydrogens (tertiary/aromatic N) is 2. The van der Waals surface area contributed by atoms with Crippen LogP contribution in [0.2, 0.25) is 0 Å². The summed E-state index contributed by atoms with van der Waals surface area (Å²) in [6, 6.07) is 4.29. The summed E-state index contributed by atoms with van der Waals surface area (Å²) in [7, 11) is 0. The van der Waals surface area contributed by atoms with Gasteiger partial charge in [0.05, 0.1) is 11.1 Å². The van der Waals surface area contributed by atoms with Crippen molar-refractivity contribution < 1.29 is 19.2 Å². The van der Waals surface area contributed by atoms with Gasteiger partial charge in [-0.25, -0.2) is 0 Å². The highest BCUT2D eigenvalue weighted by molar-refractivity contribution is 6.23. The van der Waals surface area contributed by atoms with Gasteiger partial charge < -0.3 is 10.2 Å². The minimum absolute atomic E-state index is 0. The number of halogens is 1. The Kier molecular flexibility index (Phi) is 4.97. The average molecular weight is 379 g/mol. The van der Waals surface area contributed by atoms with Gasteiger partial charge in [-0.1, -0.05) is 0 Å². The predicted molar refractivity (Wildman–Crippen MR) is 95.4 cm³/mol. The summed E-state index contributed by atoms with van der Waals surface area (Å²) in [6.07, 6.45) is 0.288. The number of anilines is 1. The van der Waals surface area contributed by atoms with E-state index in [4.69, 9.17) is 0 Å². The topological polar surface area (TPSA) is 98.8 Å². The van der Waals surface area contributed by atoms with Gasteiger partial charge in [-0.05, 0) is 24.6 Å². The Balaban J connectivity index is 0.00000196. The van der Waals surface area contributed by atoms with Gasteiger partial charge in [-0.2, -0.15) is 0 Å². The van der Waals surface area contributed by atoms with Crippen LogP contribution >= 0.6 is 12.4 Å². The molecule has 0 spiro atoms. The van der Waals surface area contributed by atoms with Crippen molar-refractivity contribution in [1.29, 1.82) is 0 Å². The van der Waals surface area contributed by atoms with Crippen LogP contribution in [0.3, 0.4) is 0 Å². The first kappa shape index (κ1) is 18.3. The van der Waals surface area contributed by atoms with Gasteiger partial charge >= 0.3 is 0 Å². The van der Waals surface area contributed by atoms with Crippen LogP contribution in [0.1, 0.15) is 33.6 Å². The van der Waals surface area contributed by atoms with E-state index in [9.17, 15) is 19.2 Å². The molecule has 2 fully saturated rings. The first-order valence-electron chi connectivity index (χ1n) is 8.37. The Hall–Kier alpha value is -2.45. The number of rotatable bonds is 2. The van der Waals surface area contributed by atoms with Gasteiger partial charge in [-0.3, -0.25) is 29.4 Å². The van der Waals surface area contributed by atoms with Crippen LogP contribution in [0.25, 0.3) is 0 Å². The van der Waals surface area contributed by atoms with Crippen molar-refractivity contribution in [3.8, 4) is 0 Å². The highest BCUT2D eigenvalue weighted by Gasteiger charge is 2.44. The van der Waals surface area contributed by atoms with Crippen LogP contribution in [0.15, 0.2) is 18.2 Å². The number of hydrogen-bond donors (Lipinski definition) is 2. The van der Waals surface area contributed by atoms with E-state index in [0.29, 0.717) is 11.1 Å². The van der Waals surface area contributed by atoms with Crippen molar-refractivity contribution >= 4 is 41.7 Å². The second kappa shape index (κ2) is 7.05. The first-order valence-corrected chi connectivity index (χ1v) is 8.37. The van der Waals surface area contributed by atoms with E-state index in [1.807, 2.05) is 6.07 Å². The number of hydrogen-bond acceptors (Lipinski definition) is 6. The maximum atomic E-state index is 12.8. The lowest BCUT2D eigenvalue weighted by atomic mass is 10.0. The molecule has 4 amide bonds. The molecule has 0 bridgehead atoms. The third kappa shape index (κ3) is 2.95. The fourth-order valence-electron chi connectivity index (χ4n) is 3.58. The van der Waals surface area contributed by atoms with Crippen molar-refractivity contribution in [3.05, 3.63) is 29.3 Å². The molecule has 8 nitrogen and oxygen atoms in total. The average Bonchev–Trinajstić information content (AvgIpc) is 2.87. The number of imide groups is 2. The van der Waals surface area contributed by atoms with Crippen LogP contribution < -0.4 is 15.5 Å². The van der Waals surface area contributed by atoms with Crippen molar-refractivity contribution in [3.63, 3.8) is 0 Å². The van der Waals surface area contributed by atoms with Crippen LogP contribution in [0.5, 0.6) is 0 Å². The molecule has 0 aliphatic carbocycles. The minimum Gasteiger partial charge on any atom is -0.369 e. The first-order chi connectivity index (χ1) is 12.1. The van der Waals surface area contributed by atoms with Crippen LogP contribution in [-0.2, 0) is 9.59 Å². The summed E-state index contributed by atoms with van der Waals surface area (Å²) in [5.74, 6) is -1.90. The lowest BCUT2D eigenvalue weighted by Gasteiger charge is -2.29. The number of benzene rings is 1. The van der Waals surface area contributed by atoms with Crippen molar-refractivity contribution in [2.45, 2.75) is 18.9 Å². The lowest BCUT2D eigenvalue weighted by molar-refractivity contribution is -0.136. The summed E-state index contributed by atoms with van der Waals surface area (Å²) < 4.78 is 0. The Morgan fingerprint density at radius 1 is 0.962 bits per heavy atom. The molecule has 4 rings (SSSR count). The summed E-state index contributed by atoms with van der Waals surface area (Å²) in [6.45, 7) is 3.40. The van der Waals surface area contributed by atoms with Crippen molar-refractivity contribution in [2.75, 3.05) is 31.1 Å². The molecule has 1 aromatic rings. The molecule has 0 radical (unpaired) electrons. The van der Waals surface area contributed by atoms with Crippen molar-refractivity contribution in [2.24, 2.45) is 0 Å². The smallest absolute Gasteiger partial charge is 0.262 e. The molecule has 2 N–H and O–H groups in total. The summed E-state index contributed by atoms with van der Waals surface area (Å²) in [4.78, 5) is 51.9. The van der Waals surface area contributed by atoms with Gasteiger partial charge in [-0.15, -0.1) is 12.4 Å². The molecule has 26 heavy (non-hydrogen) atoms. The maximum absolute atomic E-state index is 12.8. The number of nitrogens with one attached hydrogen (secondary N) is 2. The van der Waals surface area contributed by atoms with Crippen molar-refractivity contribution in [1.82, 2.24) is 15.5 Å². The zero-order valence-electron chi connectivity index (χ0n) is 14.0. The number of fused-ring (bicyclic) bond motifs is 1. The van der Waals surface area contributed by atoms with Gasteiger partial charge in [0.25, 0.3) is 11.8 Å². The van der Waals surface area contributed by atoms with E-state index in [2.05, 4.69) is 15.5 Å². The Morgan fingerprint density at radius 2 is 1.65 bits per heavy atom. The predicted octanol–water partition coefficient (Wildman–Crippen LogP) is -0.0808. The summed E-state index contributed by atoms with van der Waals surface area (Å²) >= 11 is 0. The van der Waals surface area contributed by atoms with Gasteiger partial charge in [0.1, 0.15) is 6.04 Å². The third-order valence-electron chi connectivity index (χ3n) is 4.91. The molecule has 3 aliphatic heterocycles. The van der Waals surface area contributed by atoms with E-state index in [1.54, 1.807) is 12.1 Å². The zero-order chi connectivity index (χ0) is 17.6. The molecule has 0 saturated carbocycles. The number of piperazine rings is 1. The number of piperidine rings is 1. The van der Waals surface area contributed by atoms with Gasteiger partial charge in [0.2, 0.25) is 11.8 Å². The Bertz CT molecular complexity index is 791. The highest BCUT2D eigenvalue weighted by atomic mass is 35.5. The molecule has 3 heterocycles. The molecule has 1 unspecified atom stereocenters. The maximum Gasteiger partial charge on any atom is 0.262 e. The Labute approximate surface area is 156 Å². The van der Waals surface area contributed by atoms with E-state index in [0.717, 1.165) is 36.8 Å². The molecule has 1 atom stereocenters. The van der Waals surface area contributed by atoms with Gasteiger partial charge in [0, 0.05) is 38.3 Å². The second-order valence-corrected chi connectivity index (χ2v) is 6.41. The third-order valence-corrected chi connectivity index (χ3v) is 4.91. The molecule has 9 heteroatoms. The number of carbonyl (C=O) groups excluding carboxylic acids is 4. The van der Waals surface area contributed by atoms with E-state index in [1.165, 1.54) is 0 Å². The van der Waals surface area contributed by atoms with Crippen LogP contribution in [0.4, 0.5) is 5.69 Å². The van der Waals surface area contributed by atoms with E-state index >= 15 is 0 Å². The molecular weight excluding hydrogens is 360 g/mol. The quantitative estimate of drug-likeness (QED) is 0.698.